The molecule has 1 N–H and O–H groups in total. The predicted molar refractivity (Wildman–Crippen MR) is 120 cm³/mol. The molecule has 0 unspecified atom stereocenters. The lowest BCUT2D eigenvalue weighted by Gasteiger charge is -2.18. The van der Waals surface area contributed by atoms with Crippen molar-refractivity contribution in [1.82, 2.24) is 0 Å². The van der Waals surface area contributed by atoms with E-state index in [9.17, 15) is 9.90 Å². The van der Waals surface area contributed by atoms with Crippen molar-refractivity contribution >= 4 is 11.7 Å². The molecule has 0 aliphatic carbocycles. The predicted octanol–water partition coefficient (Wildman–Crippen LogP) is 6.64. The topological polar surface area (TPSA) is 65.0 Å². The summed E-state index contributed by atoms with van der Waals surface area (Å²) in [6, 6.07) is 9.68. The quantitative estimate of drug-likeness (QED) is 0.269. The van der Waals surface area contributed by atoms with Crippen LogP contribution in [0.15, 0.2) is 36.9 Å². The van der Waals surface area contributed by atoms with Gasteiger partial charge in [-0.1, -0.05) is 55.7 Å². The minimum atomic E-state index is -0.791. The van der Waals surface area contributed by atoms with E-state index in [2.05, 4.69) is 13.5 Å². The molecule has 0 saturated heterocycles. The molecule has 0 heterocycles. The highest BCUT2D eigenvalue weighted by Crippen LogP contribution is 2.42. The second kappa shape index (κ2) is 11.3. The fourth-order valence-corrected chi connectivity index (χ4v) is 3.30. The van der Waals surface area contributed by atoms with Crippen LogP contribution in [-0.4, -0.2) is 24.7 Å². The molecule has 0 atom stereocenters. The first-order valence-corrected chi connectivity index (χ1v) is 10.4. The molecular weight excluding hydrogens is 380 g/mol. The van der Waals surface area contributed by atoms with Crippen molar-refractivity contribution < 1.29 is 24.1 Å². The summed E-state index contributed by atoms with van der Waals surface area (Å²) in [7, 11) is 0. The van der Waals surface area contributed by atoms with Gasteiger partial charge in [-0.25, -0.2) is 4.79 Å². The zero-order valence-electron chi connectivity index (χ0n) is 18.4. The second-order valence-electron chi connectivity index (χ2n) is 7.36. The summed E-state index contributed by atoms with van der Waals surface area (Å²) in [5.74, 6) is 0.585. The molecule has 0 radical (unpaired) electrons. The average Bonchev–Trinajstić information content (AvgIpc) is 2.68. The van der Waals surface area contributed by atoms with E-state index in [1.165, 1.54) is 0 Å². The number of benzene rings is 2. The molecule has 0 aromatic heterocycles. The molecule has 5 nitrogen and oxygen atoms in total. The number of rotatable bonds is 10. The Balaban J connectivity index is 2.46. The SMILES string of the molecule is C=C(C)c1ccc(C)cc1-c1c(O)cc(CCCCC)cc1OCOC(=O)OCC. The fourth-order valence-electron chi connectivity index (χ4n) is 3.30. The van der Waals surface area contributed by atoms with Gasteiger partial charge in [0, 0.05) is 0 Å². The van der Waals surface area contributed by atoms with E-state index in [0.29, 0.717) is 11.3 Å². The number of ether oxygens (including phenoxy) is 3. The molecule has 0 aliphatic heterocycles. The number of phenols is 1. The summed E-state index contributed by atoms with van der Waals surface area (Å²) in [5, 5.41) is 10.9. The molecule has 162 valence electrons. The maximum Gasteiger partial charge on any atom is 0.511 e. The third-order valence-electron chi connectivity index (χ3n) is 4.77. The van der Waals surface area contributed by atoms with Gasteiger partial charge in [-0.3, -0.25) is 0 Å². The molecular formula is C25H32O5. The Morgan fingerprint density at radius 1 is 1.10 bits per heavy atom. The number of aryl methyl sites for hydroxylation is 2. The monoisotopic (exact) mass is 412 g/mol. The van der Waals surface area contributed by atoms with Crippen LogP contribution in [-0.2, 0) is 15.9 Å². The van der Waals surface area contributed by atoms with Crippen LogP contribution in [0.3, 0.4) is 0 Å². The van der Waals surface area contributed by atoms with Crippen molar-refractivity contribution in [3.05, 3.63) is 53.6 Å². The van der Waals surface area contributed by atoms with Crippen LogP contribution in [0.4, 0.5) is 4.79 Å². The van der Waals surface area contributed by atoms with E-state index < -0.39 is 6.16 Å². The van der Waals surface area contributed by atoms with E-state index in [1.807, 2.05) is 38.1 Å². The van der Waals surface area contributed by atoms with Gasteiger partial charge < -0.3 is 19.3 Å². The zero-order chi connectivity index (χ0) is 22.1. The van der Waals surface area contributed by atoms with Crippen molar-refractivity contribution in [3.8, 4) is 22.6 Å². The summed E-state index contributed by atoms with van der Waals surface area (Å²) in [6.45, 7) is 11.8. The Kier molecular flexibility index (Phi) is 8.78. The van der Waals surface area contributed by atoms with E-state index in [1.54, 1.807) is 13.0 Å². The lowest BCUT2D eigenvalue weighted by molar-refractivity contribution is 0.00702. The lowest BCUT2D eigenvalue weighted by atomic mass is 9.91. The maximum absolute atomic E-state index is 11.5. The Labute approximate surface area is 179 Å². The highest BCUT2D eigenvalue weighted by atomic mass is 16.8. The molecule has 0 spiro atoms. The number of aromatic hydroxyl groups is 1. The van der Waals surface area contributed by atoms with Crippen molar-refractivity contribution in [3.63, 3.8) is 0 Å². The maximum atomic E-state index is 11.5. The number of carbonyl (C=O) groups is 1. The van der Waals surface area contributed by atoms with E-state index in [0.717, 1.165) is 53.5 Å². The molecule has 2 aromatic carbocycles. The Hall–Kier alpha value is -2.95. The van der Waals surface area contributed by atoms with E-state index >= 15 is 0 Å². The lowest BCUT2D eigenvalue weighted by Crippen LogP contribution is -2.12. The molecule has 0 fully saturated rings. The Bertz CT molecular complexity index is 885. The van der Waals surface area contributed by atoms with Gasteiger partial charge in [0.2, 0.25) is 6.79 Å². The van der Waals surface area contributed by atoms with E-state index in [-0.39, 0.29) is 19.1 Å². The van der Waals surface area contributed by atoms with Crippen LogP contribution >= 0.6 is 0 Å². The Morgan fingerprint density at radius 3 is 2.53 bits per heavy atom. The van der Waals surface area contributed by atoms with Crippen LogP contribution in [0.1, 0.15) is 56.7 Å². The molecule has 0 saturated carbocycles. The summed E-state index contributed by atoms with van der Waals surface area (Å²) in [4.78, 5) is 11.5. The minimum absolute atomic E-state index is 0.128. The first-order valence-electron chi connectivity index (χ1n) is 10.4. The van der Waals surface area contributed by atoms with Crippen LogP contribution in [0, 0.1) is 6.92 Å². The third kappa shape index (κ3) is 6.28. The first kappa shape index (κ1) is 23.3. The standard InChI is InChI=1S/C25H32O5/c1-6-8-9-10-19-14-22(26)24(21-13-18(5)11-12-20(21)17(3)4)23(15-19)29-16-30-25(27)28-7-2/h11-15,26H,3,6-10,16H2,1-2,4-5H3. The number of hydrogen-bond acceptors (Lipinski definition) is 5. The molecule has 2 aromatic rings. The van der Waals surface area contributed by atoms with Crippen molar-refractivity contribution in [2.24, 2.45) is 0 Å². The molecule has 2 rings (SSSR count). The zero-order valence-corrected chi connectivity index (χ0v) is 18.4. The molecule has 0 bridgehead atoms. The van der Waals surface area contributed by atoms with Crippen LogP contribution in [0.5, 0.6) is 11.5 Å². The van der Waals surface area contributed by atoms with Crippen molar-refractivity contribution in [2.75, 3.05) is 13.4 Å². The van der Waals surface area contributed by atoms with Gasteiger partial charge in [0.1, 0.15) is 11.5 Å². The smallest absolute Gasteiger partial charge is 0.507 e. The number of phenolic OH excluding ortho intramolecular Hbond substituents is 1. The van der Waals surface area contributed by atoms with E-state index in [4.69, 9.17) is 14.2 Å². The van der Waals surface area contributed by atoms with Gasteiger partial charge in [-0.15, -0.1) is 0 Å². The Morgan fingerprint density at radius 2 is 1.87 bits per heavy atom. The summed E-state index contributed by atoms with van der Waals surface area (Å²) in [6.07, 6.45) is 3.29. The van der Waals surface area contributed by atoms with Gasteiger partial charge in [0.25, 0.3) is 0 Å². The van der Waals surface area contributed by atoms with Gasteiger partial charge in [0.15, 0.2) is 0 Å². The molecule has 5 heteroatoms. The second-order valence-corrected chi connectivity index (χ2v) is 7.36. The third-order valence-corrected chi connectivity index (χ3v) is 4.77. The van der Waals surface area contributed by atoms with Crippen molar-refractivity contribution in [1.29, 1.82) is 0 Å². The normalized spacial score (nSPS) is 10.5. The van der Waals surface area contributed by atoms with Crippen molar-refractivity contribution in [2.45, 2.75) is 53.4 Å². The number of carbonyl (C=O) groups excluding carboxylic acids is 1. The summed E-state index contributed by atoms with van der Waals surface area (Å²) < 4.78 is 15.5. The largest absolute Gasteiger partial charge is 0.511 e. The number of unbranched alkanes of at least 4 members (excludes halogenated alkanes) is 2. The van der Waals surface area contributed by atoms with Crippen LogP contribution in [0.2, 0.25) is 0 Å². The van der Waals surface area contributed by atoms with Gasteiger partial charge in [-0.05, 0) is 62.4 Å². The number of hydrogen-bond donors (Lipinski definition) is 1. The first-order chi connectivity index (χ1) is 14.4. The van der Waals surface area contributed by atoms with Crippen LogP contribution in [0.25, 0.3) is 16.7 Å². The highest BCUT2D eigenvalue weighted by molar-refractivity contribution is 5.86. The van der Waals surface area contributed by atoms with Gasteiger partial charge in [0.05, 0.1) is 12.2 Å². The highest BCUT2D eigenvalue weighted by Gasteiger charge is 2.18. The molecule has 0 amide bonds. The summed E-state index contributed by atoms with van der Waals surface area (Å²) in [5.41, 5.74) is 5.21. The van der Waals surface area contributed by atoms with Gasteiger partial charge >= 0.3 is 6.16 Å². The van der Waals surface area contributed by atoms with Crippen LogP contribution < -0.4 is 4.74 Å². The molecule has 0 aliphatic rings. The number of allylic oxidation sites excluding steroid dienone is 1. The van der Waals surface area contributed by atoms with Gasteiger partial charge in [-0.2, -0.15) is 0 Å². The minimum Gasteiger partial charge on any atom is -0.507 e. The summed E-state index contributed by atoms with van der Waals surface area (Å²) >= 11 is 0. The molecule has 30 heavy (non-hydrogen) atoms. The average molecular weight is 413 g/mol. The fraction of sp³-hybridized carbons (Fsp3) is 0.400.